The lowest BCUT2D eigenvalue weighted by Crippen LogP contribution is -2.20. The first-order chi connectivity index (χ1) is 12.7. The zero-order chi connectivity index (χ0) is 17.9. The number of rotatable bonds is 5. The maximum Gasteiger partial charge on any atom is 0.261 e. The summed E-state index contributed by atoms with van der Waals surface area (Å²) in [6.07, 6.45) is 0. The Morgan fingerprint density at radius 3 is 2.23 bits per heavy atom. The Balaban J connectivity index is 1.72. The van der Waals surface area contributed by atoms with Gasteiger partial charge >= 0.3 is 0 Å². The maximum absolute atomic E-state index is 12.3. The van der Waals surface area contributed by atoms with Gasteiger partial charge < -0.3 is 10.1 Å². The van der Waals surface area contributed by atoms with Crippen molar-refractivity contribution in [2.75, 3.05) is 5.32 Å². The number of benzene rings is 3. The number of para-hydroxylation sites is 1. The van der Waals surface area contributed by atoms with E-state index in [4.69, 9.17) is 4.74 Å². The molecule has 5 nitrogen and oxygen atoms in total. The quantitative estimate of drug-likeness (QED) is 0.689. The van der Waals surface area contributed by atoms with Gasteiger partial charge in [0.2, 0.25) is 0 Å². The Morgan fingerprint density at radius 1 is 0.808 bits per heavy atom. The second-order valence-electron chi connectivity index (χ2n) is 5.91. The van der Waals surface area contributed by atoms with E-state index in [1.807, 2.05) is 60.7 Å². The summed E-state index contributed by atoms with van der Waals surface area (Å²) in [5.41, 5.74) is 2.97. The maximum atomic E-state index is 12.3. The van der Waals surface area contributed by atoms with Crippen LogP contribution in [0.4, 0.5) is 11.4 Å². The molecule has 3 aromatic rings. The van der Waals surface area contributed by atoms with Gasteiger partial charge in [-0.1, -0.05) is 48.5 Å². The molecule has 0 atom stereocenters. The minimum Gasteiger partial charge on any atom is -0.487 e. The van der Waals surface area contributed by atoms with Crippen LogP contribution in [0.25, 0.3) is 0 Å². The number of hydrogen-bond donors (Lipinski definition) is 2. The number of carbonyl (C=O) groups excluding carboxylic acids is 2. The number of anilines is 2. The van der Waals surface area contributed by atoms with Gasteiger partial charge in [-0.15, -0.1) is 0 Å². The van der Waals surface area contributed by atoms with Crippen molar-refractivity contribution in [1.29, 1.82) is 0 Å². The molecular formula is C21H16N2O3. The molecule has 4 rings (SSSR count). The van der Waals surface area contributed by atoms with E-state index in [2.05, 4.69) is 10.6 Å². The summed E-state index contributed by atoms with van der Waals surface area (Å²) in [5.74, 6) is -0.300. The third-order valence-corrected chi connectivity index (χ3v) is 4.15. The molecule has 3 aromatic carbocycles. The molecule has 0 fully saturated rings. The lowest BCUT2D eigenvalue weighted by atomic mass is 10.1. The molecule has 1 heterocycles. The second-order valence-corrected chi connectivity index (χ2v) is 5.91. The minimum absolute atomic E-state index is 0.310. The summed E-state index contributed by atoms with van der Waals surface area (Å²) in [6, 6.07) is 22.5. The van der Waals surface area contributed by atoms with E-state index in [0.29, 0.717) is 29.2 Å². The molecule has 128 valence electrons. The normalized spacial score (nSPS) is 12.5. The average molecular weight is 344 g/mol. The molecule has 0 saturated heterocycles. The van der Waals surface area contributed by atoms with Crippen molar-refractivity contribution in [1.82, 2.24) is 5.32 Å². The van der Waals surface area contributed by atoms with Gasteiger partial charge in [0, 0.05) is 5.69 Å². The highest BCUT2D eigenvalue weighted by Crippen LogP contribution is 2.36. The number of imide groups is 1. The van der Waals surface area contributed by atoms with Gasteiger partial charge in [-0.2, -0.15) is 0 Å². The van der Waals surface area contributed by atoms with E-state index in [1.165, 1.54) is 0 Å². The number of ether oxygens (including phenoxy) is 1. The van der Waals surface area contributed by atoms with Crippen LogP contribution >= 0.6 is 0 Å². The van der Waals surface area contributed by atoms with Gasteiger partial charge in [0.05, 0.1) is 16.8 Å². The zero-order valence-electron chi connectivity index (χ0n) is 13.9. The van der Waals surface area contributed by atoms with Crippen LogP contribution < -0.4 is 15.4 Å². The van der Waals surface area contributed by atoms with Gasteiger partial charge in [-0.25, -0.2) is 0 Å². The molecule has 2 amide bonds. The highest BCUT2D eigenvalue weighted by molar-refractivity contribution is 6.24. The van der Waals surface area contributed by atoms with Gasteiger partial charge in [-0.05, 0) is 29.8 Å². The Kier molecular flexibility index (Phi) is 4.11. The fraction of sp³-hybridized carbons (Fsp3) is 0.0476. The molecule has 1 aliphatic rings. The van der Waals surface area contributed by atoms with E-state index in [-0.39, 0.29) is 0 Å². The van der Waals surface area contributed by atoms with E-state index in [1.54, 1.807) is 12.1 Å². The van der Waals surface area contributed by atoms with Crippen LogP contribution in [0.2, 0.25) is 0 Å². The fourth-order valence-corrected chi connectivity index (χ4v) is 2.89. The predicted octanol–water partition coefficient (Wildman–Crippen LogP) is 3.89. The summed E-state index contributed by atoms with van der Waals surface area (Å²) < 4.78 is 5.95. The summed E-state index contributed by atoms with van der Waals surface area (Å²) >= 11 is 0. The molecule has 0 bridgehead atoms. The minimum atomic E-state index is -0.423. The van der Waals surface area contributed by atoms with Crippen molar-refractivity contribution in [3.63, 3.8) is 0 Å². The lowest BCUT2D eigenvalue weighted by Gasteiger charge is -2.16. The monoisotopic (exact) mass is 344 g/mol. The smallest absolute Gasteiger partial charge is 0.261 e. The Morgan fingerprint density at radius 2 is 1.50 bits per heavy atom. The van der Waals surface area contributed by atoms with Crippen molar-refractivity contribution in [3.8, 4) is 5.75 Å². The molecule has 26 heavy (non-hydrogen) atoms. The highest BCUT2D eigenvalue weighted by Gasteiger charge is 2.31. The summed E-state index contributed by atoms with van der Waals surface area (Å²) in [6.45, 7) is 0.360. The topological polar surface area (TPSA) is 67.4 Å². The van der Waals surface area contributed by atoms with Crippen molar-refractivity contribution in [3.05, 3.63) is 89.5 Å². The molecule has 0 aliphatic carbocycles. The molecule has 1 aliphatic heterocycles. The fourth-order valence-electron chi connectivity index (χ4n) is 2.89. The first kappa shape index (κ1) is 15.9. The molecule has 0 aromatic heterocycles. The second kappa shape index (κ2) is 6.72. The van der Waals surface area contributed by atoms with E-state index in [0.717, 1.165) is 11.3 Å². The van der Waals surface area contributed by atoms with Crippen molar-refractivity contribution in [2.45, 2.75) is 6.61 Å². The third kappa shape index (κ3) is 3.02. The first-order valence-corrected chi connectivity index (χ1v) is 8.24. The van der Waals surface area contributed by atoms with Crippen LogP contribution in [0.5, 0.6) is 5.75 Å². The number of hydrogen-bond acceptors (Lipinski definition) is 4. The predicted molar refractivity (Wildman–Crippen MR) is 98.7 cm³/mol. The number of nitrogens with one attached hydrogen (secondary N) is 2. The molecular weight excluding hydrogens is 328 g/mol. The summed E-state index contributed by atoms with van der Waals surface area (Å²) in [4.78, 5) is 24.3. The Hall–Kier alpha value is -3.60. The van der Waals surface area contributed by atoms with E-state index in [9.17, 15) is 9.59 Å². The van der Waals surface area contributed by atoms with E-state index >= 15 is 0 Å². The first-order valence-electron chi connectivity index (χ1n) is 8.24. The molecule has 2 N–H and O–H groups in total. The van der Waals surface area contributed by atoms with Gasteiger partial charge in [0.1, 0.15) is 12.4 Å². The summed E-state index contributed by atoms with van der Waals surface area (Å²) in [7, 11) is 0. The number of amides is 2. The van der Waals surface area contributed by atoms with Crippen LogP contribution in [-0.2, 0) is 6.61 Å². The van der Waals surface area contributed by atoms with Crippen LogP contribution in [0.3, 0.4) is 0 Å². The molecule has 0 spiro atoms. The Bertz CT molecular complexity index is 969. The van der Waals surface area contributed by atoms with Crippen molar-refractivity contribution in [2.24, 2.45) is 0 Å². The molecule has 0 saturated carbocycles. The molecule has 5 heteroatoms. The molecule has 0 radical (unpaired) electrons. The number of fused-ring (bicyclic) bond motifs is 1. The van der Waals surface area contributed by atoms with Crippen LogP contribution in [0, 0.1) is 0 Å². The van der Waals surface area contributed by atoms with Gasteiger partial charge in [0.25, 0.3) is 11.8 Å². The molecule has 0 unspecified atom stereocenters. The van der Waals surface area contributed by atoms with Gasteiger partial charge in [0.15, 0.2) is 0 Å². The van der Waals surface area contributed by atoms with Crippen LogP contribution in [0.1, 0.15) is 26.3 Å². The van der Waals surface area contributed by atoms with Gasteiger partial charge in [-0.3, -0.25) is 14.9 Å². The largest absolute Gasteiger partial charge is 0.487 e. The third-order valence-electron chi connectivity index (χ3n) is 4.15. The van der Waals surface area contributed by atoms with Crippen molar-refractivity contribution < 1.29 is 14.3 Å². The highest BCUT2D eigenvalue weighted by atomic mass is 16.5. The SMILES string of the molecule is O=C1NC(=O)c2c1ccc(OCc1ccccc1)c2Nc1ccccc1. The van der Waals surface area contributed by atoms with Crippen LogP contribution in [-0.4, -0.2) is 11.8 Å². The lowest BCUT2D eigenvalue weighted by molar-refractivity contribution is 0.0880. The standard InChI is InChI=1S/C21H16N2O3/c24-20-16-11-12-17(26-13-14-7-3-1-4-8-14)19(18(16)21(25)23-20)22-15-9-5-2-6-10-15/h1-12,22H,13H2,(H,23,24,25). The zero-order valence-corrected chi connectivity index (χ0v) is 13.9. The van der Waals surface area contributed by atoms with E-state index < -0.39 is 11.8 Å². The summed E-state index contributed by atoms with van der Waals surface area (Å²) in [5, 5.41) is 5.56. The van der Waals surface area contributed by atoms with Crippen molar-refractivity contribution >= 4 is 23.2 Å². The van der Waals surface area contributed by atoms with Crippen LogP contribution in [0.15, 0.2) is 72.8 Å². The number of carbonyl (C=O) groups is 2. The Labute approximate surface area is 150 Å². The average Bonchev–Trinajstić information content (AvgIpc) is 2.97.